The zero-order valence-corrected chi connectivity index (χ0v) is 18.0. The summed E-state index contributed by atoms with van der Waals surface area (Å²) in [5, 5.41) is 0. The first-order valence-corrected chi connectivity index (χ1v) is 10.4. The maximum absolute atomic E-state index is 12.2. The third-order valence-electron chi connectivity index (χ3n) is 4.62. The normalized spacial score (nSPS) is 9.53. The van der Waals surface area contributed by atoms with Crippen molar-refractivity contribution in [2.75, 3.05) is 0 Å². The Morgan fingerprint density at radius 3 is 1.18 bits per heavy atom. The summed E-state index contributed by atoms with van der Waals surface area (Å²) in [6.45, 7) is 0. The first kappa shape index (κ1) is 22.1. The summed E-state index contributed by atoms with van der Waals surface area (Å²) in [5.74, 6) is 11.6. The van der Waals surface area contributed by atoms with Crippen LogP contribution in [0.5, 0.6) is 11.5 Å². The van der Waals surface area contributed by atoms with E-state index in [1.165, 1.54) is 0 Å². The molecule has 4 aromatic carbocycles. The molecule has 0 aliphatic heterocycles. The van der Waals surface area contributed by atoms with Crippen LogP contribution in [-0.2, 0) is 0 Å². The molecule has 34 heavy (non-hydrogen) atoms. The van der Waals surface area contributed by atoms with E-state index in [2.05, 4.69) is 23.7 Å². The molecule has 0 amide bonds. The third-order valence-corrected chi connectivity index (χ3v) is 4.62. The van der Waals surface area contributed by atoms with Crippen molar-refractivity contribution in [3.63, 3.8) is 0 Å². The van der Waals surface area contributed by atoms with Crippen LogP contribution >= 0.6 is 0 Å². The fourth-order valence-electron chi connectivity index (χ4n) is 2.90. The van der Waals surface area contributed by atoms with Crippen LogP contribution in [0.25, 0.3) is 0 Å². The minimum absolute atomic E-state index is 0.429. The topological polar surface area (TPSA) is 52.6 Å². The standard InChI is InChI=1S/C30H18O4/c31-29(33-27-11-3-1-4-12-27)25-19-15-23(16-20-25)9-7-8-10-24-17-21-26(22-18-24)30(32)34-28-13-5-2-6-14-28/h1-6,11-22H. The van der Waals surface area contributed by atoms with E-state index in [4.69, 9.17) is 9.47 Å². The molecule has 0 N–H and O–H groups in total. The third kappa shape index (κ3) is 6.23. The Labute approximate surface area is 197 Å². The number of rotatable bonds is 4. The second-order valence-electron chi connectivity index (χ2n) is 7.06. The van der Waals surface area contributed by atoms with Gasteiger partial charge in [0.2, 0.25) is 0 Å². The molecule has 0 saturated heterocycles. The minimum Gasteiger partial charge on any atom is -0.423 e. The fraction of sp³-hybridized carbons (Fsp3) is 0. The van der Waals surface area contributed by atoms with Crippen molar-refractivity contribution in [3.8, 4) is 35.2 Å². The van der Waals surface area contributed by atoms with Crippen molar-refractivity contribution in [2.45, 2.75) is 0 Å². The van der Waals surface area contributed by atoms with Crippen LogP contribution in [0.15, 0.2) is 109 Å². The summed E-state index contributed by atoms with van der Waals surface area (Å²) in [5.41, 5.74) is 2.33. The Hall–Kier alpha value is -5.06. The van der Waals surface area contributed by atoms with Gasteiger partial charge >= 0.3 is 11.9 Å². The number of benzene rings is 4. The van der Waals surface area contributed by atoms with Crippen LogP contribution in [0.2, 0.25) is 0 Å². The summed E-state index contributed by atoms with van der Waals surface area (Å²) in [6.07, 6.45) is 0. The average Bonchev–Trinajstić information content (AvgIpc) is 2.88. The van der Waals surface area contributed by atoms with Gasteiger partial charge in [0.25, 0.3) is 0 Å². The van der Waals surface area contributed by atoms with Crippen LogP contribution in [0, 0.1) is 23.7 Å². The first-order chi connectivity index (χ1) is 16.7. The van der Waals surface area contributed by atoms with Crippen molar-refractivity contribution in [1.82, 2.24) is 0 Å². The molecule has 0 aliphatic rings. The second-order valence-corrected chi connectivity index (χ2v) is 7.06. The molecule has 0 heterocycles. The molecule has 0 aliphatic carbocycles. The highest BCUT2D eigenvalue weighted by molar-refractivity contribution is 5.91. The maximum Gasteiger partial charge on any atom is 0.343 e. The summed E-state index contributed by atoms with van der Waals surface area (Å²) in [4.78, 5) is 24.4. The smallest absolute Gasteiger partial charge is 0.343 e. The van der Waals surface area contributed by atoms with E-state index in [9.17, 15) is 9.59 Å². The summed E-state index contributed by atoms with van der Waals surface area (Å²) in [7, 11) is 0. The number of ether oxygens (including phenoxy) is 2. The van der Waals surface area contributed by atoms with Gasteiger partial charge < -0.3 is 9.47 Å². The number of esters is 2. The predicted octanol–water partition coefficient (Wildman–Crippen LogP) is 5.53. The van der Waals surface area contributed by atoms with Crippen LogP contribution in [-0.4, -0.2) is 11.9 Å². The van der Waals surface area contributed by atoms with Gasteiger partial charge in [0, 0.05) is 11.1 Å². The molecule has 0 bridgehead atoms. The fourth-order valence-corrected chi connectivity index (χ4v) is 2.90. The molecule has 0 saturated carbocycles. The van der Waals surface area contributed by atoms with E-state index in [0.717, 1.165) is 11.1 Å². The zero-order chi connectivity index (χ0) is 23.6. The van der Waals surface area contributed by atoms with Crippen molar-refractivity contribution in [2.24, 2.45) is 0 Å². The van der Waals surface area contributed by atoms with E-state index in [0.29, 0.717) is 22.6 Å². The SMILES string of the molecule is O=C(Oc1ccccc1)c1ccc(C#CC#Cc2ccc(C(=O)Oc3ccccc3)cc2)cc1. The van der Waals surface area contributed by atoms with Gasteiger partial charge in [-0.15, -0.1) is 0 Å². The highest BCUT2D eigenvalue weighted by atomic mass is 16.5. The lowest BCUT2D eigenvalue weighted by atomic mass is 10.1. The summed E-state index contributed by atoms with van der Waals surface area (Å²) >= 11 is 0. The molecular formula is C30H18O4. The van der Waals surface area contributed by atoms with E-state index in [1.807, 2.05) is 12.1 Å². The monoisotopic (exact) mass is 442 g/mol. The van der Waals surface area contributed by atoms with E-state index < -0.39 is 11.9 Å². The predicted molar refractivity (Wildman–Crippen MR) is 129 cm³/mol. The number of carbonyl (C=O) groups excluding carboxylic acids is 2. The Morgan fingerprint density at radius 2 is 0.824 bits per heavy atom. The Bertz CT molecular complexity index is 1290. The van der Waals surface area contributed by atoms with Gasteiger partial charge in [-0.25, -0.2) is 9.59 Å². The van der Waals surface area contributed by atoms with Gasteiger partial charge in [-0.2, -0.15) is 0 Å². The van der Waals surface area contributed by atoms with Gasteiger partial charge in [-0.1, -0.05) is 48.2 Å². The van der Waals surface area contributed by atoms with Crippen molar-refractivity contribution in [3.05, 3.63) is 131 Å². The highest BCUT2D eigenvalue weighted by Gasteiger charge is 2.08. The van der Waals surface area contributed by atoms with Crippen LogP contribution in [0.1, 0.15) is 31.8 Å². The molecule has 4 aromatic rings. The minimum atomic E-state index is -0.429. The van der Waals surface area contributed by atoms with E-state index in [1.54, 1.807) is 97.1 Å². The molecule has 162 valence electrons. The molecule has 4 rings (SSSR count). The van der Waals surface area contributed by atoms with Crippen molar-refractivity contribution in [1.29, 1.82) is 0 Å². The molecule has 0 aromatic heterocycles. The molecule has 0 atom stereocenters. The molecule has 4 nitrogen and oxygen atoms in total. The Morgan fingerprint density at radius 1 is 0.471 bits per heavy atom. The molecular weight excluding hydrogens is 424 g/mol. The van der Waals surface area contributed by atoms with Gasteiger partial charge in [0.1, 0.15) is 11.5 Å². The number of hydrogen-bond acceptors (Lipinski definition) is 4. The molecule has 0 unspecified atom stereocenters. The number of hydrogen-bond donors (Lipinski definition) is 0. The van der Waals surface area contributed by atoms with E-state index in [-0.39, 0.29) is 0 Å². The number of para-hydroxylation sites is 2. The molecule has 0 spiro atoms. The maximum atomic E-state index is 12.2. The quantitative estimate of drug-likeness (QED) is 0.237. The average molecular weight is 442 g/mol. The Kier molecular flexibility index (Phi) is 7.16. The lowest BCUT2D eigenvalue weighted by Gasteiger charge is -2.03. The van der Waals surface area contributed by atoms with E-state index >= 15 is 0 Å². The molecule has 0 fully saturated rings. The summed E-state index contributed by atoms with van der Waals surface area (Å²) in [6, 6.07) is 31.4. The molecule has 0 radical (unpaired) electrons. The zero-order valence-electron chi connectivity index (χ0n) is 18.0. The largest absolute Gasteiger partial charge is 0.423 e. The van der Waals surface area contributed by atoms with Crippen molar-refractivity contribution < 1.29 is 19.1 Å². The van der Waals surface area contributed by atoms with Crippen LogP contribution in [0.4, 0.5) is 0 Å². The van der Waals surface area contributed by atoms with Gasteiger partial charge in [0.05, 0.1) is 11.1 Å². The highest BCUT2D eigenvalue weighted by Crippen LogP contribution is 2.13. The van der Waals surface area contributed by atoms with Crippen LogP contribution in [0.3, 0.4) is 0 Å². The van der Waals surface area contributed by atoms with Gasteiger partial charge in [0.15, 0.2) is 0 Å². The van der Waals surface area contributed by atoms with Gasteiger partial charge in [-0.3, -0.25) is 0 Å². The van der Waals surface area contributed by atoms with Gasteiger partial charge in [-0.05, 0) is 84.6 Å². The second kappa shape index (κ2) is 11.0. The van der Waals surface area contributed by atoms with Crippen LogP contribution < -0.4 is 9.47 Å². The summed E-state index contributed by atoms with van der Waals surface area (Å²) < 4.78 is 10.6. The van der Waals surface area contributed by atoms with Crippen molar-refractivity contribution >= 4 is 11.9 Å². The number of carbonyl (C=O) groups is 2. The first-order valence-electron chi connectivity index (χ1n) is 10.4. The lowest BCUT2D eigenvalue weighted by Crippen LogP contribution is -2.08. The Balaban J connectivity index is 1.33. The lowest BCUT2D eigenvalue weighted by molar-refractivity contribution is 0.0725. The molecule has 4 heteroatoms.